The smallest absolute Gasteiger partial charge is 0.240 e. The minimum Gasteiger partial charge on any atom is -0.338 e. The predicted molar refractivity (Wildman–Crippen MR) is 72.8 cm³/mol. The molecule has 4 heteroatoms. The van der Waals surface area contributed by atoms with Gasteiger partial charge in [0.25, 0.3) is 0 Å². The van der Waals surface area contributed by atoms with Crippen LogP contribution in [-0.2, 0) is 13.0 Å². The van der Waals surface area contributed by atoms with Crippen LogP contribution in [-0.4, -0.2) is 16.7 Å². The van der Waals surface area contributed by atoms with Crippen molar-refractivity contribution in [3.63, 3.8) is 0 Å². The molecule has 1 aliphatic rings. The Bertz CT molecular complexity index is 576. The van der Waals surface area contributed by atoms with Crippen LogP contribution in [0.25, 0.3) is 0 Å². The lowest BCUT2D eigenvalue weighted by atomic mass is 10.0. The van der Waals surface area contributed by atoms with Crippen molar-refractivity contribution >= 4 is 0 Å². The molecule has 1 heterocycles. The maximum Gasteiger partial charge on any atom is 0.240 e. The maximum absolute atomic E-state index is 5.28. The molecule has 4 nitrogen and oxygen atoms in total. The molecule has 1 unspecified atom stereocenters. The van der Waals surface area contributed by atoms with Gasteiger partial charge < -0.3 is 9.84 Å². The van der Waals surface area contributed by atoms with Crippen molar-refractivity contribution in [3.8, 4) is 0 Å². The number of nitrogens with one attached hydrogen (secondary N) is 1. The Balaban J connectivity index is 1.75. The SMILES string of the molecule is C=CCNCc1nc(C2CCc3ccccc32)no1. The first-order valence-electron chi connectivity index (χ1n) is 6.60. The van der Waals surface area contributed by atoms with E-state index >= 15 is 0 Å². The summed E-state index contributed by atoms with van der Waals surface area (Å²) in [5.74, 6) is 1.73. The van der Waals surface area contributed by atoms with Crippen LogP contribution in [0.1, 0.15) is 35.2 Å². The maximum atomic E-state index is 5.28. The summed E-state index contributed by atoms with van der Waals surface area (Å²) in [7, 11) is 0. The van der Waals surface area contributed by atoms with Gasteiger partial charge in [-0.3, -0.25) is 0 Å². The number of aryl methyl sites for hydroxylation is 1. The summed E-state index contributed by atoms with van der Waals surface area (Å²) in [6.45, 7) is 4.99. The van der Waals surface area contributed by atoms with Crippen molar-refractivity contribution in [2.45, 2.75) is 25.3 Å². The van der Waals surface area contributed by atoms with E-state index in [1.807, 2.05) is 6.08 Å². The van der Waals surface area contributed by atoms with Crippen LogP contribution in [0, 0.1) is 0 Å². The standard InChI is InChI=1S/C15H17N3O/c1-2-9-16-10-14-17-15(18-19-14)13-8-7-11-5-3-4-6-12(11)13/h2-6,13,16H,1,7-10H2. The topological polar surface area (TPSA) is 51.0 Å². The normalized spacial score (nSPS) is 17.4. The highest BCUT2D eigenvalue weighted by Gasteiger charge is 2.27. The Labute approximate surface area is 112 Å². The van der Waals surface area contributed by atoms with Gasteiger partial charge in [-0.15, -0.1) is 6.58 Å². The van der Waals surface area contributed by atoms with Crippen LogP contribution in [0.3, 0.4) is 0 Å². The van der Waals surface area contributed by atoms with Crippen molar-refractivity contribution in [2.24, 2.45) is 0 Å². The molecule has 3 rings (SSSR count). The molecular weight excluding hydrogens is 238 g/mol. The molecule has 0 amide bonds. The molecule has 19 heavy (non-hydrogen) atoms. The Hall–Kier alpha value is -1.94. The summed E-state index contributed by atoms with van der Waals surface area (Å²) in [5.41, 5.74) is 2.75. The average molecular weight is 255 g/mol. The highest BCUT2D eigenvalue weighted by molar-refractivity contribution is 5.38. The van der Waals surface area contributed by atoms with Gasteiger partial charge in [-0.05, 0) is 24.0 Å². The first-order chi connectivity index (χ1) is 9.38. The molecule has 0 saturated carbocycles. The molecule has 0 bridgehead atoms. The molecule has 0 aliphatic heterocycles. The summed E-state index contributed by atoms with van der Waals surface area (Å²) in [6, 6.07) is 8.51. The Morgan fingerprint density at radius 2 is 2.32 bits per heavy atom. The van der Waals surface area contributed by atoms with Gasteiger partial charge in [0.15, 0.2) is 5.82 Å². The second kappa shape index (κ2) is 5.36. The van der Waals surface area contributed by atoms with Crippen molar-refractivity contribution in [3.05, 3.63) is 59.8 Å². The van der Waals surface area contributed by atoms with Gasteiger partial charge in [-0.1, -0.05) is 35.5 Å². The molecule has 98 valence electrons. The lowest BCUT2D eigenvalue weighted by molar-refractivity contribution is 0.363. The summed E-state index contributed by atoms with van der Waals surface area (Å²) in [6.07, 6.45) is 3.97. The van der Waals surface area contributed by atoms with Crippen LogP contribution in [0.5, 0.6) is 0 Å². The van der Waals surface area contributed by atoms with Gasteiger partial charge in [-0.2, -0.15) is 4.98 Å². The molecule has 1 atom stereocenters. The van der Waals surface area contributed by atoms with E-state index in [-0.39, 0.29) is 5.92 Å². The van der Waals surface area contributed by atoms with E-state index in [9.17, 15) is 0 Å². The Morgan fingerprint density at radius 3 is 3.21 bits per heavy atom. The minimum atomic E-state index is 0.285. The van der Waals surface area contributed by atoms with Crippen molar-refractivity contribution in [1.29, 1.82) is 0 Å². The van der Waals surface area contributed by atoms with E-state index in [0.29, 0.717) is 12.4 Å². The van der Waals surface area contributed by atoms with E-state index in [1.54, 1.807) is 0 Å². The molecule has 1 aromatic carbocycles. The average Bonchev–Trinajstić information content (AvgIpc) is 3.05. The van der Waals surface area contributed by atoms with Crippen molar-refractivity contribution in [2.75, 3.05) is 6.54 Å². The molecule has 0 fully saturated rings. The second-order valence-electron chi connectivity index (χ2n) is 4.76. The third-order valence-corrected chi connectivity index (χ3v) is 3.49. The zero-order valence-corrected chi connectivity index (χ0v) is 10.8. The van der Waals surface area contributed by atoms with Crippen LogP contribution in [0.2, 0.25) is 0 Å². The Kier molecular flexibility index (Phi) is 3.42. The molecule has 1 aliphatic carbocycles. The van der Waals surface area contributed by atoms with Gasteiger partial charge in [0, 0.05) is 12.5 Å². The molecule has 1 aromatic heterocycles. The van der Waals surface area contributed by atoms with Crippen LogP contribution in [0.4, 0.5) is 0 Å². The zero-order valence-electron chi connectivity index (χ0n) is 10.8. The van der Waals surface area contributed by atoms with Gasteiger partial charge in [0.2, 0.25) is 5.89 Å². The number of nitrogens with zero attached hydrogens (tertiary/aromatic N) is 2. The van der Waals surface area contributed by atoms with Crippen molar-refractivity contribution < 1.29 is 4.52 Å². The molecule has 0 radical (unpaired) electrons. The third-order valence-electron chi connectivity index (χ3n) is 3.49. The summed E-state index contributed by atoms with van der Waals surface area (Å²) < 4.78 is 5.28. The highest BCUT2D eigenvalue weighted by Crippen LogP contribution is 2.36. The third kappa shape index (κ3) is 2.44. The fourth-order valence-corrected chi connectivity index (χ4v) is 2.59. The van der Waals surface area contributed by atoms with E-state index in [0.717, 1.165) is 25.2 Å². The number of hydrogen-bond donors (Lipinski definition) is 1. The monoisotopic (exact) mass is 255 g/mol. The second-order valence-corrected chi connectivity index (χ2v) is 4.76. The number of fused-ring (bicyclic) bond motifs is 1. The van der Waals surface area contributed by atoms with Crippen molar-refractivity contribution in [1.82, 2.24) is 15.5 Å². The number of rotatable bonds is 5. The lowest BCUT2D eigenvalue weighted by Crippen LogP contribution is -2.12. The fourth-order valence-electron chi connectivity index (χ4n) is 2.59. The fraction of sp³-hybridized carbons (Fsp3) is 0.333. The first kappa shape index (κ1) is 12.1. The molecular formula is C15H17N3O. The lowest BCUT2D eigenvalue weighted by Gasteiger charge is -2.05. The number of hydrogen-bond acceptors (Lipinski definition) is 4. The molecule has 0 saturated heterocycles. The predicted octanol–water partition coefficient (Wildman–Crippen LogP) is 2.42. The van der Waals surface area contributed by atoms with Gasteiger partial charge in [0.05, 0.1) is 6.54 Å². The van der Waals surface area contributed by atoms with E-state index < -0.39 is 0 Å². The molecule has 0 spiro atoms. The quantitative estimate of drug-likeness (QED) is 0.658. The first-order valence-corrected chi connectivity index (χ1v) is 6.60. The van der Waals surface area contributed by atoms with Gasteiger partial charge >= 0.3 is 0 Å². The van der Waals surface area contributed by atoms with Gasteiger partial charge in [0.1, 0.15) is 0 Å². The summed E-state index contributed by atoms with van der Waals surface area (Å²) in [5, 5.41) is 7.28. The van der Waals surface area contributed by atoms with Crippen LogP contribution < -0.4 is 5.32 Å². The highest BCUT2D eigenvalue weighted by atomic mass is 16.5. The van der Waals surface area contributed by atoms with E-state index in [1.165, 1.54) is 11.1 Å². The van der Waals surface area contributed by atoms with E-state index in [4.69, 9.17) is 4.52 Å². The number of aromatic nitrogens is 2. The van der Waals surface area contributed by atoms with Gasteiger partial charge in [-0.25, -0.2) is 0 Å². The minimum absolute atomic E-state index is 0.285. The van der Waals surface area contributed by atoms with E-state index in [2.05, 4.69) is 46.3 Å². The molecule has 2 aromatic rings. The van der Waals surface area contributed by atoms with Crippen LogP contribution >= 0.6 is 0 Å². The number of benzene rings is 1. The summed E-state index contributed by atoms with van der Waals surface area (Å²) >= 11 is 0. The van der Waals surface area contributed by atoms with Crippen LogP contribution in [0.15, 0.2) is 41.4 Å². The summed E-state index contributed by atoms with van der Waals surface area (Å²) in [4.78, 5) is 4.49. The Morgan fingerprint density at radius 1 is 1.42 bits per heavy atom. The zero-order chi connectivity index (χ0) is 13.1. The largest absolute Gasteiger partial charge is 0.338 e. The molecule has 1 N–H and O–H groups in total.